The van der Waals surface area contributed by atoms with Crippen LogP contribution < -0.4 is 0 Å². The van der Waals surface area contributed by atoms with Gasteiger partial charge in [0.25, 0.3) is 0 Å². The molecule has 3 aromatic rings. The Labute approximate surface area is 132 Å². The lowest BCUT2D eigenvalue weighted by molar-refractivity contribution is -0.138. The van der Waals surface area contributed by atoms with Crippen molar-refractivity contribution in [2.45, 2.75) is 12.7 Å². The Bertz CT molecular complexity index is 836. The van der Waals surface area contributed by atoms with Crippen LogP contribution in [0.1, 0.15) is 11.1 Å². The van der Waals surface area contributed by atoms with Crippen molar-refractivity contribution in [3.05, 3.63) is 70.1 Å². The van der Waals surface area contributed by atoms with Crippen LogP contribution in [0.4, 0.5) is 17.6 Å². The van der Waals surface area contributed by atoms with E-state index in [1.165, 1.54) is 18.2 Å². The number of hydrogen-bond acceptors (Lipinski definition) is 0. The molecule has 0 aliphatic rings. The van der Waals surface area contributed by atoms with Crippen LogP contribution in [0.2, 0.25) is 0 Å². The van der Waals surface area contributed by atoms with Gasteiger partial charge in [-0.15, -0.1) is 0 Å². The van der Waals surface area contributed by atoms with Crippen molar-refractivity contribution in [1.29, 1.82) is 0 Å². The highest BCUT2D eigenvalue weighted by molar-refractivity contribution is 9.10. The molecular formula is C16H10BrF4N. The lowest BCUT2D eigenvalue weighted by Crippen LogP contribution is -2.11. The average Bonchev–Trinajstić information content (AvgIpc) is 2.81. The van der Waals surface area contributed by atoms with Crippen LogP contribution in [-0.4, -0.2) is 4.57 Å². The van der Waals surface area contributed by atoms with Crippen molar-refractivity contribution >= 4 is 26.8 Å². The number of aromatic nitrogens is 1. The molecule has 0 amide bonds. The molecule has 0 unspecified atom stereocenters. The number of nitrogens with zero attached hydrogens (tertiary/aromatic N) is 1. The molecule has 3 rings (SSSR count). The molecule has 0 atom stereocenters. The summed E-state index contributed by atoms with van der Waals surface area (Å²) in [6, 6.07) is 10.1. The second kappa shape index (κ2) is 5.43. The number of hydrogen-bond donors (Lipinski definition) is 0. The van der Waals surface area contributed by atoms with Gasteiger partial charge in [0.1, 0.15) is 5.82 Å². The SMILES string of the molecule is Fc1cc2ccn(Cc3ccccc3C(F)(F)F)c2cc1Br. The second-order valence-corrected chi connectivity index (χ2v) is 5.78. The molecule has 0 fully saturated rings. The second-order valence-electron chi connectivity index (χ2n) is 4.92. The van der Waals surface area contributed by atoms with E-state index < -0.39 is 17.6 Å². The predicted octanol–water partition coefficient (Wildman–Crippen LogP) is 5.61. The summed E-state index contributed by atoms with van der Waals surface area (Å²) in [7, 11) is 0. The van der Waals surface area contributed by atoms with Crippen molar-refractivity contribution in [1.82, 2.24) is 4.57 Å². The summed E-state index contributed by atoms with van der Waals surface area (Å²) in [5.74, 6) is -0.402. The smallest absolute Gasteiger partial charge is 0.343 e. The topological polar surface area (TPSA) is 4.93 Å². The summed E-state index contributed by atoms with van der Waals surface area (Å²) in [5, 5.41) is 0.644. The van der Waals surface area contributed by atoms with Crippen LogP contribution >= 0.6 is 15.9 Å². The van der Waals surface area contributed by atoms with Gasteiger partial charge in [-0.25, -0.2) is 4.39 Å². The molecule has 1 aromatic heterocycles. The third-order valence-electron chi connectivity index (χ3n) is 3.48. The zero-order valence-electron chi connectivity index (χ0n) is 11.2. The molecule has 0 saturated carbocycles. The van der Waals surface area contributed by atoms with Gasteiger partial charge in [-0.05, 0) is 45.8 Å². The zero-order chi connectivity index (χ0) is 15.9. The maximum absolute atomic E-state index is 13.5. The van der Waals surface area contributed by atoms with Crippen LogP contribution in [0.25, 0.3) is 10.9 Å². The monoisotopic (exact) mass is 371 g/mol. The molecule has 1 heterocycles. The summed E-state index contributed by atoms with van der Waals surface area (Å²) in [5.41, 5.74) is 0.191. The van der Waals surface area contributed by atoms with Crippen molar-refractivity contribution in [2.24, 2.45) is 0 Å². The Hall–Kier alpha value is -1.82. The Balaban J connectivity index is 2.06. The van der Waals surface area contributed by atoms with E-state index in [1.54, 1.807) is 29.0 Å². The van der Waals surface area contributed by atoms with Crippen molar-refractivity contribution in [3.63, 3.8) is 0 Å². The molecule has 22 heavy (non-hydrogen) atoms. The van der Waals surface area contributed by atoms with Crippen LogP contribution in [0.5, 0.6) is 0 Å². The van der Waals surface area contributed by atoms with E-state index in [1.807, 2.05) is 0 Å². The highest BCUT2D eigenvalue weighted by atomic mass is 79.9. The highest BCUT2D eigenvalue weighted by Gasteiger charge is 2.32. The van der Waals surface area contributed by atoms with E-state index in [4.69, 9.17) is 0 Å². The van der Waals surface area contributed by atoms with Gasteiger partial charge in [0, 0.05) is 23.6 Å². The molecule has 0 spiro atoms. The molecule has 1 nitrogen and oxygen atoms in total. The Morgan fingerprint density at radius 2 is 1.77 bits per heavy atom. The van der Waals surface area contributed by atoms with Crippen molar-refractivity contribution in [2.75, 3.05) is 0 Å². The first-order chi connectivity index (χ1) is 10.4. The van der Waals surface area contributed by atoms with E-state index in [2.05, 4.69) is 15.9 Å². The quantitative estimate of drug-likeness (QED) is 0.516. The van der Waals surface area contributed by atoms with Crippen molar-refractivity contribution < 1.29 is 17.6 Å². The molecule has 0 bridgehead atoms. The fraction of sp³-hybridized carbons (Fsp3) is 0.125. The highest BCUT2D eigenvalue weighted by Crippen LogP contribution is 2.33. The first-order valence-electron chi connectivity index (χ1n) is 6.45. The summed E-state index contributed by atoms with van der Waals surface area (Å²) < 4.78 is 54.6. The number of alkyl halides is 3. The fourth-order valence-electron chi connectivity index (χ4n) is 2.44. The van der Waals surface area contributed by atoms with Crippen LogP contribution in [0.15, 0.2) is 53.1 Å². The summed E-state index contributed by atoms with van der Waals surface area (Å²) in [6.45, 7) is 0.0667. The molecule has 0 N–H and O–H groups in total. The van der Waals surface area contributed by atoms with Gasteiger partial charge in [0.05, 0.1) is 10.0 Å². The summed E-state index contributed by atoms with van der Waals surface area (Å²) >= 11 is 3.10. The van der Waals surface area contributed by atoms with Gasteiger partial charge in [-0.1, -0.05) is 18.2 Å². The van der Waals surface area contributed by atoms with E-state index >= 15 is 0 Å². The Morgan fingerprint density at radius 3 is 2.50 bits per heavy atom. The van der Waals surface area contributed by atoms with E-state index in [0.717, 1.165) is 6.07 Å². The predicted molar refractivity (Wildman–Crippen MR) is 80.1 cm³/mol. The third-order valence-corrected chi connectivity index (χ3v) is 4.08. The van der Waals surface area contributed by atoms with Crippen molar-refractivity contribution in [3.8, 4) is 0 Å². The summed E-state index contributed by atoms with van der Waals surface area (Å²) in [6.07, 6.45) is -2.74. The van der Waals surface area contributed by atoms with Gasteiger partial charge in [0.2, 0.25) is 0 Å². The maximum Gasteiger partial charge on any atom is 0.416 e. The van der Waals surface area contributed by atoms with E-state index in [0.29, 0.717) is 10.9 Å². The average molecular weight is 372 g/mol. The van der Waals surface area contributed by atoms with Gasteiger partial charge >= 0.3 is 6.18 Å². The number of halogens is 5. The minimum Gasteiger partial charge on any atom is -0.343 e. The normalized spacial score (nSPS) is 12.0. The molecule has 0 aliphatic heterocycles. The van der Waals surface area contributed by atoms with E-state index in [9.17, 15) is 17.6 Å². The van der Waals surface area contributed by atoms with E-state index in [-0.39, 0.29) is 16.6 Å². The maximum atomic E-state index is 13.5. The summed E-state index contributed by atoms with van der Waals surface area (Å²) in [4.78, 5) is 0. The van der Waals surface area contributed by atoms with Crippen LogP contribution in [0.3, 0.4) is 0 Å². The number of rotatable bonds is 2. The minimum atomic E-state index is -4.40. The lowest BCUT2D eigenvalue weighted by atomic mass is 10.1. The third kappa shape index (κ3) is 2.75. The number of fused-ring (bicyclic) bond motifs is 1. The largest absolute Gasteiger partial charge is 0.416 e. The Kier molecular flexibility index (Phi) is 3.72. The van der Waals surface area contributed by atoms with Crippen LogP contribution in [-0.2, 0) is 12.7 Å². The molecule has 0 radical (unpaired) electrons. The molecule has 6 heteroatoms. The van der Waals surface area contributed by atoms with Gasteiger partial charge < -0.3 is 4.57 Å². The standard InChI is InChI=1S/C16H10BrF4N/c17-13-8-15-10(7-14(13)18)5-6-22(15)9-11-3-1-2-4-12(11)16(19,20)21/h1-8H,9H2. The van der Waals surface area contributed by atoms with Gasteiger partial charge in [-0.2, -0.15) is 13.2 Å². The van der Waals surface area contributed by atoms with Gasteiger partial charge in [-0.3, -0.25) is 0 Å². The van der Waals surface area contributed by atoms with Crippen LogP contribution in [0, 0.1) is 5.82 Å². The zero-order valence-corrected chi connectivity index (χ0v) is 12.7. The fourth-order valence-corrected chi connectivity index (χ4v) is 2.77. The van der Waals surface area contributed by atoms with Gasteiger partial charge in [0.15, 0.2) is 0 Å². The minimum absolute atomic E-state index is 0.0667. The first kappa shape index (κ1) is 15.1. The number of benzene rings is 2. The molecule has 2 aromatic carbocycles. The molecule has 0 saturated heterocycles. The lowest BCUT2D eigenvalue weighted by Gasteiger charge is -2.14. The first-order valence-corrected chi connectivity index (χ1v) is 7.24. The molecule has 0 aliphatic carbocycles. The molecular weight excluding hydrogens is 362 g/mol. The Morgan fingerprint density at radius 1 is 1.05 bits per heavy atom. The molecule has 114 valence electrons.